The molecule has 1 atom stereocenters. The molecule has 1 N–H and O–H groups in total. The predicted octanol–water partition coefficient (Wildman–Crippen LogP) is 1.60. The van der Waals surface area contributed by atoms with Crippen molar-refractivity contribution < 1.29 is 14.6 Å². The van der Waals surface area contributed by atoms with Crippen LogP contribution in [0.3, 0.4) is 0 Å². The summed E-state index contributed by atoms with van der Waals surface area (Å²) in [5.41, 5.74) is 1.86. The van der Waals surface area contributed by atoms with Crippen LogP contribution in [0, 0.1) is 30.6 Å². The zero-order valence-electron chi connectivity index (χ0n) is 10.4. The Balaban J connectivity index is 2.52. The molecule has 18 heavy (non-hydrogen) atoms. The van der Waals surface area contributed by atoms with Gasteiger partial charge in [0, 0.05) is 6.92 Å². The monoisotopic (exact) mass is 242 g/mol. The molecule has 0 aromatic heterocycles. The SMILES string of the molecule is CC(=O)OCC#CC#C[C@H](O)c1ccc(C)cc1. The lowest BCUT2D eigenvalue weighted by atomic mass is 10.1. The highest BCUT2D eigenvalue weighted by Gasteiger charge is 2.01. The van der Waals surface area contributed by atoms with Gasteiger partial charge in [-0.25, -0.2) is 0 Å². The molecule has 0 amide bonds. The average molecular weight is 242 g/mol. The summed E-state index contributed by atoms with van der Waals surface area (Å²) in [6.07, 6.45) is -0.853. The van der Waals surface area contributed by atoms with E-state index in [0.29, 0.717) is 0 Å². The summed E-state index contributed by atoms with van der Waals surface area (Å²) in [4.78, 5) is 10.4. The van der Waals surface area contributed by atoms with Crippen LogP contribution in [-0.4, -0.2) is 17.7 Å². The molecule has 1 aromatic carbocycles. The first kappa shape index (κ1) is 13.8. The third-order valence-corrected chi connectivity index (χ3v) is 2.10. The second-order valence-electron chi connectivity index (χ2n) is 3.66. The Morgan fingerprint density at radius 1 is 1.33 bits per heavy atom. The number of aliphatic hydroxyl groups is 1. The zero-order chi connectivity index (χ0) is 13.4. The van der Waals surface area contributed by atoms with Crippen molar-refractivity contribution >= 4 is 5.97 Å². The van der Waals surface area contributed by atoms with Crippen molar-refractivity contribution in [1.82, 2.24) is 0 Å². The molecule has 3 nitrogen and oxygen atoms in total. The average Bonchev–Trinajstić information content (AvgIpc) is 2.34. The summed E-state index contributed by atoms with van der Waals surface area (Å²) in [5, 5.41) is 9.73. The first-order chi connectivity index (χ1) is 8.59. The molecule has 0 spiro atoms. The molecule has 1 rings (SSSR count). The van der Waals surface area contributed by atoms with Crippen molar-refractivity contribution in [1.29, 1.82) is 0 Å². The highest BCUT2D eigenvalue weighted by Crippen LogP contribution is 2.12. The van der Waals surface area contributed by atoms with E-state index in [1.54, 1.807) is 0 Å². The summed E-state index contributed by atoms with van der Waals surface area (Å²) >= 11 is 0. The number of aliphatic hydroxyl groups excluding tert-OH is 1. The van der Waals surface area contributed by atoms with Gasteiger partial charge >= 0.3 is 5.97 Å². The van der Waals surface area contributed by atoms with Crippen LogP contribution in [0.1, 0.15) is 24.2 Å². The summed E-state index contributed by atoms with van der Waals surface area (Å²) < 4.78 is 4.60. The topological polar surface area (TPSA) is 46.5 Å². The van der Waals surface area contributed by atoms with Crippen LogP contribution in [0.15, 0.2) is 24.3 Å². The fourth-order valence-corrected chi connectivity index (χ4v) is 1.15. The first-order valence-corrected chi connectivity index (χ1v) is 5.46. The van der Waals surface area contributed by atoms with E-state index in [4.69, 9.17) is 0 Å². The smallest absolute Gasteiger partial charge is 0.303 e. The van der Waals surface area contributed by atoms with Crippen LogP contribution in [0.25, 0.3) is 0 Å². The van der Waals surface area contributed by atoms with Crippen LogP contribution in [0.4, 0.5) is 0 Å². The number of benzene rings is 1. The van der Waals surface area contributed by atoms with Crippen molar-refractivity contribution in [2.24, 2.45) is 0 Å². The molecular weight excluding hydrogens is 228 g/mol. The third kappa shape index (κ3) is 5.21. The second kappa shape index (κ2) is 7.17. The molecule has 0 aliphatic rings. The van der Waals surface area contributed by atoms with Gasteiger partial charge in [-0.1, -0.05) is 35.7 Å². The largest absolute Gasteiger partial charge is 0.453 e. The molecule has 1 aromatic rings. The first-order valence-electron chi connectivity index (χ1n) is 5.46. The van der Waals surface area contributed by atoms with E-state index in [2.05, 4.69) is 28.4 Å². The Labute approximate surface area is 107 Å². The molecule has 0 fully saturated rings. The summed E-state index contributed by atoms with van der Waals surface area (Å²) in [7, 11) is 0. The van der Waals surface area contributed by atoms with Gasteiger partial charge in [-0.2, -0.15) is 0 Å². The molecule has 0 heterocycles. The molecule has 3 heteroatoms. The Bertz CT molecular complexity index is 521. The van der Waals surface area contributed by atoms with E-state index in [9.17, 15) is 9.90 Å². The van der Waals surface area contributed by atoms with Crippen LogP contribution >= 0.6 is 0 Å². The molecule has 0 aliphatic carbocycles. The lowest BCUT2D eigenvalue weighted by Crippen LogP contribution is -1.97. The maximum atomic E-state index is 10.4. The molecule has 0 saturated heterocycles. The molecule has 92 valence electrons. The van der Waals surface area contributed by atoms with Crippen molar-refractivity contribution in [2.75, 3.05) is 6.61 Å². The zero-order valence-corrected chi connectivity index (χ0v) is 10.4. The van der Waals surface area contributed by atoms with E-state index < -0.39 is 6.10 Å². The van der Waals surface area contributed by atoms with Gasteiger partial charge in [0.25, 0.3) is 0 Å². The molecule has 0 bridgehead atoms. The summed E-state index contributed by atoms with van der Waals surface area (Å²) in [5.74, 6) is 9.80. The minimum atomic E-state index is -0.853. The van der Waals surface area contributed by atoms with E-state index >= 15 is 0 Å². The lowest BCUT2D eigenvalue weighted by molar-refractivity contribution is -0.139. The number of carbonyl (C=O) groups excluding carboxylic acids is 1. The van der Waals surface area contributed by atoms with Crippen LogP contribution < -0.4 is 0 Å². The number of aryl methyl sites for hydroxylation is 1. The van der Waals surface area contributed by atoms with Gasteiger partial charge in [0.15, 0.2) is 6.61 Å². The Hall–Kier alpha value is -2.23. The number of esters is 1. The standard InChI is InChI=1S/C15H14O3/c1-12-7-9-14(10-8-12)15(17)6-4-3-5-11-18-13(2)16/h7-10,15,17H,11H2,1-2H3/t15-/m0/s1. The van der Waals surface area contributed by atoms with Gasteiger partial charge in [-0.15, -0.1) is 0 Å². The number of hydrogen-bond donors (Lipinski definition) is 1. The molecule has 0 radical (unpaired) electrons. The van der Waals surface area contributed by atoms with Gasteiger partial charge in [0.05, 0.1) is 0 Å². The van der Waals surface area contributed by atoms with Gasteiger partial charge in [-0.3, -0.25) is 4.79 Å². The molecule has 0 saturated carbocycles. The minimum absolute atomic E-state index is 0.0185. The van der Waals surface area contributed by atoms with Gasteiger partial charge in [0.2, 0.25) is 0 Å². The van der Waals surface area contributed by atoms with Crippen LogP contribution in [0.2, 0.25) is 0 Å². The normalized spacial score (nSPS) is 10.4. The van der Waals surface area contributed by atoms with E-state index in [1.807, 2.05) is 31.2 Å². The van der Waals surface area contributed by atoms with Crippen LogP contribution in [-0.2, 0) is 9.53 Å². The summed E-state index contributed by atoms with van der Waals surface area (Å²) in [6, 6.07) is 7.46. The number of ether oxygens (including phenoxy) is 1. The van der Waals surface area contributed by atoms with Gasteiger partial charge in [0.1, 0.15) is 6.10 Å². The lowest BCUT2D eigenvalue weighted by Gasteiger charge is -2.02. The van der Waals surface area contributed by atoms with Crippen molar-refractivity contribution in [2.45, 2.75) is 20.0 Å². The van der Waals surface area contributed by atoms with Gasteiger partial charge < -0.3 is 9.84 Å². The summed E-state index contributed by atoms with van der Waals surface area (Å²) in [6.45, 7) is 3.31. The maximum Gasteiger partial charge on any atom is 0.303 e. The van der Waals surface area contributed by atoms with Crippen molar-refractivity contribution in [3.8, 4) is 23.7 Å². The Kier molecular flexibility index (Phi) is 5.51. The van der Waals surface area contributed by atoms with Crippen molar-refractivity contribution in [3.63, 3.8) is 0 Å². The third-order valence-electron chi connectivity index (χ3n) is 2.10. The fourth-order valence-electron chi connectivity index (χ4n) is 1.15. The van der Waals surface area contributed by atoms with Gasteiger partial charge in [-0.05, 0) is 30.2 Å². The van der Waals surface area contributed by atoms with E-state index in [-0.39, 0.29) is 12.6 Å². The van der Waals surface area contributed by atoms with Crippen LogP contribution in [0.5, 0.6) is 0 Å². The van der Waals surface area contributed by atoms with E-state index in [1.165, 1.54) is 6.92 Å². The minimum Gasteiger partial charge on any atom is -0.453 e. The van der Waals surface area contributed by atoms with Crippen molar-refractivity contribution in [3.05, 3.63) is 35.4 Å². The predicted molar refractivity (Wildman–Crippen MR) is 68.3 cm³/mol. The number of rotatable bonds is 2. The Morgan fingerprint density at radius 3 is 2.61 bits per heavy atom. The number of hydrogen-bond acceptors (Lipinski definition) is 3. The number of carbonyl (C=O) groups is 1. The Morgan fingerprint density at radius 2 is 2.00 bits per heavy atom. The quantitative estimate of drug-likeness (QED) is 0.633. The maximum absolute atomic E-state index is 10.4. The molecular formula is C15H14O3. The highest BCUT2D eigenvalue weighted by atomic mass is 16.5. The molecule has 0 aliphatic heterocycles. The van der Waals surface area contributed by atoms with E-state index in [0.717, 1.165) is 11.1 Å². The fraction of sp³-hybridized carbons (Fsp3) is 0.267. The highest BCUT2D eigenvalue weighted by molar-refractivity contribution is 5.66. The molecule has 0 unspecified atom stereocenters. The second-order valence-corrected chi connectivity index (χ2v) is 3.66.